The fourth-order valence-electron chi connectivity index (χ4n) is 1.81. The van der Waals surface area contributed by atoms with Gasteiger partial charge in [-0.25, -0.2) is 4.79 Å². The second kappa shape index (κ2) is 4.96. The van der Waals surface area contributed by atoms with Gasteiger partial charge >= 0.3 is 5.97 Å². The SMILES string of the molecule is CCOC(=O)c1[nH]c(-c2cccc(C)c2)cc1N. The van der Waals surface area contributed by atoms with Crippen LogP contribution < -0.4 is 5.73 Å². The molecule has 0 saturated carbocycles. The first kappa shape index (κ1) is 12.2. The molecule has 3 N–H and O–H groups in total. The minimum absolute atomic E-state index is 0.313. The van der Waals surface area contributed by atoms with Crippen molar-refractivity contribution in [3.05, 3.63) is 41.6 Å². The zero-order valence-corrected chi connectivity index (χ0v) is 10.5. The van der Waals surface area contributed by atoms with Gasteiger partial charge in [-0.1, -0.05) is 23.8 Å². The Labute approximate surface area is 106 Å². The monoisotopic (exact) mass is 244 g/mol. The van der Waals surface area contributed by atoms with E-state index >= 15 is 0 Å². The fourth-order valence-corrected chi connectivity index (χ4v) is 1.81. The van der Waals surface area contributed by atoms with E-state index in [-0.39, 0.29) is 0 Å². The summed E-state index contributed by atoms with van der Waals surface area (Å²) >= 11 is 0. The molecule has 4 nitrogen and oxygen atoms in total. The molecular formula is C14H16N2O2. The highest BCUT2D eigenvalue weighted by atomic mass is 16.5. The van der Waals surface area contributed by atoms with Crippen LogP contribution in [0.25, 0.3) is 11.3 Å². The molecule has 1 heterocycles. The standard InChI is InChI=1S/C14H16N2O2/c1-3-18-14(17)13-11(15)8-12(16-13)10-6-4-5-9(2)7-10/h4-8,16H,3,15H2,1-2H3. The molecular weight excluding hydrogens is 228 g/mol. The predicted molar refractivity (Wildman–Crippen MR) is 71.3 cm³/mol. The van der Waals surface area contributed by atoms with Crippen molar-refractivity contribution >= 4 is 11.7 Å². The first-order chi connectivity index (χ1) is 8.61. The van der Waals surface area contributed by atoms with Gasteiger partial charge in [0.25, 0.3) is 0 Å². The third kappa shape index (κ3) is 2.37. The van der Waals surface area contributed by atoms with Gasteiger partial charge in [-0.2, -0.15) is 0 Å². The number of hydrogen-bond donors (Lipinski definition) is 2. The zero-order chi connectivity index (χ0) is 13.1. The number of H-pyrrole nitrogens is 1. The van der Waals surface area contributed by atoms with Gasteiger partial charge in [0.2, 0.25) is 0 Å². The molecule has 0 atom stereocenters. The lowest BCUT2D eigenvalue weighted by Gasteiger charge is -2.01. The van der Waals surface area contributed by atoms with Crippen LogP contribution in [0, 0.1) is 6.92 Å². The molecule has 0 aliphatic rings. The Morgan fingerprint density at radius 1 is 1.39 bits per heavy atom. The van der Waals surface area contributed by atoms with Crippen LogP contribution in [0.5, 0.6) is 0 Å². The van der Waals surface area contributed by atoms with Crippen LogP contribution in [0.2, 0.25) is 0 Å². The molecule has 0 fully saturated rings. The smallest absolute Gasteiger partial charge is 0.356 e. The lowest BCUT2D eigenvalue weighted by atomic mass is 10.1. The maximum Gasteiger partial charge on any atom is 0.356 e. The van der Waals surface area contributed by atoms with Crippen molar-refractivity contribution in [3.63, 3.8) is 0 Å². The third-order valence-electron chi connectivity index (χ3n) is 2.66. The predicted octanol–water partition coefficient (Wildman–Crippen LogP) is 2.75. The van der Waals surface area contributed by atoms with E-state index in [4.69, 9.17) is 10.5 Å². The molecule has 4 heteroatoms. The molecule has 0 saturated heterocycles. The third-order valence-corrected chi connectivity index (χ3v) is 2.66. The minimum atomic E-state index is -0.422. The van der Waals surface area contributed by atoms with Crippen LogP contribution in [0.15, 0.2) is 30.3 Å². The summed E-state index contributed by atoms with van der Waals surface area (Å²) < 4.78 is 4.93. The highest BCUT2D eigenvalue weighted by Crippen LogP contribution is 2.24. The molecule has 0 unspecified atom stereocenters. The van der Waals surface area contributed by atoms with Gasteiger partial charge in [-0.15, -0.1) is 0 Å². The van der Waals surface area contributed by atoms with E-state index in [1.54, 1.807) is 13.0 Å². The Morgan fingerprint density at radius 2 is 2.17 bits per heavy atom. The Bertz CT molecular complexity index is 573. The summed E-state index contributed by atoms with van der Waals surface area (Å²) in [5, 5.41) is 0. The van der Waals surface area contributed by atoms with E-state index in [1.165, 1.54) is 0 Å². The van der Waals surface area contributed by atoms with E-state index in [9.17, 15) is 4.79 Å². The van der Waals surface area contributed by atoms with E-state index in [0.717, 1.165) is 16.8 Å². The summed E-state index contributed by atoms with van der Waals surface area (Å²) in [6.45, 7) is 4.11. The number of aromatic nitrogens is 1. The molecule has 94 valence electrons. The molecule has 0 aliphatic heterocycles. The number of aromatic amines is 1. The van der Waals surface area contributed by atoms with Crippen molar-refractivity contribution in [3.8, 4) is 11.3 Å². The number of nitrogens with one attached hydrogen (secondary N) is 1. The van der Waals surface area contributed by atoms with Gasteiger partial charge in [-0.3, -0.25) is 0 Å². The molecule has 2 aromatic rings. The lowest BCUT2D eigenvalue weighted by molar-refractivity contribution is 0.0521. The second-order valence-corrected chi connectivity index (χ2v) is 4.10. The van der Waals surface area contributed by atoms with E-state index in [2.05, 4.69) is 4.98 Å². The molecule has 0 spiro atoms. The van der Waals surface area contributed by atoms with E-state index < -0.39 is 5.97 Å². The Hall–Kier alpha value is -2.23. The van der Waals surface area contributed by atoms with Crippen molar-refractivity contribution in [2.45, 2.75) is 13.8 Å². The van der Waals surface area contributed by atoms with Gasteiger partial charge in [0, 0.05) is 5.69 Å². The summed E-state index contributed by atoms with van der Waals surface area (Å²) in [5.41, 5.74) is 9.50. The lowest BCUT2D eigenvalue weighted by Crippen LogP contribution is -2.07. The Morgan fingerprint density at radius 3 is 2.83 bits per heavy atom. The van der Waals surface area contributed by atoms with Gasteiger partial charge in [0.1, 0.15) is 5.69 Å². The van der Waals surface area contributed by atoms with Gasteiger partial charge in [0.05, 0.1) is 12.3 Å². The van der Waals surface area contributed by atoms with Crippen LogP contribution >= 0.6 is 0 Å². The largest absolute Gasteiger partial charge is 0.461 e. The average Bonchev–Trinajstić information content (AvgIpc) is 2.72. The molecule has 0 amide bonds. The maximum absolute atomic E-state index is 11.6. The quantitative estimate of drug-likeness (QED) is 0.816. The Kier molecular flexibility index (Phi) is 3.37. The minimum Gasteiger partial charge on any atom is -0.461 e. The van der Waals surface area contributed by atoms with Crippen LogP contribution in [-0.4, -0.2) is 17.6 Å². The first-order valence-corrected chi connectivity index (χ1v) is 5.84. The molecule has 1 aromatic carbocycles. The van der Waals surface area contributed by atoms with Gasteiger partial charge < -0.3 is 15.5 Å². The first-order valence-electron chi connectivity index (χ1n) is 5.84. The highest BCUT2D eigenvalue weighted by Gasteiger charge is 2.15. The normalized spacial score (nSPS) is 10.3. The fraction of sp³-hybridized carbons (Fsp3) is 0.214. The topological polar surface area (TPSA) is 68.1 Å². The number of esters is 1. The number of carbonyl (C=O) groups is 1. The number of aryl methyl sites for hydroxylation is 1. The second-order valence-electron chi connectivity index (χ2n) is 4.10. The molecule has 2 rings (SSSR count). The number of rotatable bonds is 3. The number of anilines is 1. The van der Waals surface area contributed by atoms with Crippen molar-refractivity contribution < 1.29 is 9.53 Å². The summed E-state index contributed by atoms with van der Waals surface area (Å²) in [6, 6.07) is 9.72. The van der Waals surface area contributed by atoms with Crippen molar-refractivity contribution in [1.82, 2.24) is 4.98 Å². The molecule has 0 bridgehead atoms. The molecule has 0 aliphatic carbocycles. The van der Waals surface area contributed by atoms with Crippen LogP contribution in [0.3, 0.4) is 0 Å². The van der Waals surface area contributed by atoms with E-state index in [1.807, 2.05) is 31.2 Å². The Balaban J connectivity index is 2.37. The number of hydrogen-bond acceptors (Lipinski definition) is 3. The summed E-state index contributed by atoms with van der Waals surface area (Å²) in [4.78, 5) is 14.7. The van der Waals surface area contributed by atoms with Crippen LogP contribution in [0.1, 0.15) is 23.0 Å². The zero-order valence-electron chi connectivity index (χ0n) is 10.5. The molecule has 1 aromatic heterocycles. The maximum atomic E-state index is 11.6. The number of carbonyl (C=O) groups excluding carboxylic acids is 1. The summed E-state index contributed by atoms with van der Waals surface area (Å²) in [7, 11) is 0. The highest BCUT2D eigenvalue weighted by molar-refractivity contribution is 5.94. The molecule has 0 radical (unpaired) electrons. The van der Waals surface area contributed by atoms with Crippen LogP contribution in [-0.2, 0) is 4.74 Å². The number of ether oxygens (including phenoxy) is 1. The number of benzene rings is 1. The summed E-state index contributed by atoms with van der Waals surface area (Å²) in [5.74, 6) is -0.422. The summed E-state index contributed by atoms with van der Waals surface area (Å²) in [6.07, 6.45) is 0. The average molecular weight is 244 g/mol. The number of nitrogens with two attached hydrogens (primary N) is 1. The molecule has 18 heavy (non-hydrogen) atoms. The van der Waals surface area contributed by atoms with Crippen molar-refractivity contribution in [2.75, 3.05) is 12.3 Å². The van der Waals surface area contributed by atoms with Gasteiger partial charge in [0.15, 0.2) is 0 Å². The van der Waals surface area contributed by atoms with Crippen molar-refractivity contribution in [1.29, 1.82) is 0 Å². The van der Waals surface area contributed by atoms with Crippen LogP contribution in [0.4, 0.5) is 5.69 Å². The van der Waals surface area contributed by atoms with Crippen molar-refractivity contribution in [2.24, 2.45) is 0 Å². The van der Waals surface area contributed by atoms with E-state index in [0.29, 0.717) is 18.0 Å². The number of nitrogen functional groups attached to an aromatic ring is 1. The van der Waals surface area contributed by atoms with Gasteiger partial charge in [-0.05, 0) is 31.5 Å².